The van der Waals surface area contributed by atoms with Gasteiger partial charge in [-0.15, -0.1) is 11.8 Å². The highest BCUT2D eigenvalue weighted by Gasteiger charge is 2.40. The molecular weight excluding hydrogens is 478 g/mol. The van der Waals surface area contributed by atoms with Gasteiger partial charge in [0.05, 0.1) is 12.0 Å². The third-order valence-corrected chi connectivity index (χ3v) is 8.84. The summed E-state index contributed by atoms with van der Waals surface area (Å²) in [6, 6.07) is 0. The maximum Gasteiger partial charge on any atom is 0.340 e. The molecule has 0 radical (unpaired) electrons. The Morgan fingerprint density at radius 1 is 1.08 bits per heavy atom. The molecule has 1 aliphatic rings. The van der Waals surface area contributed by atoms with Gasteiger partial charge in [-0.05, 0) is 67.6 Å². The number of thioether (sulfide) groups is 1. The molecule has 1 aromatic rings. The summed E-state index contributed by atoms with van der Waals surface area (Å²) in [7, 11) is 0. The van der Waals surface area contributed by atoms with Crippen LogP contribution in [0, 0.1) is 24.7 Å². The predicted molar refractivity (Wildman–Crippen MR) is 144 cm³/mol. The SMILES string of the molecule is CCCCC1CC(CSC(CC(=O)O)C(=O)O)CC(CCCC)C1OC(=O)c1c(C(C)C)c[nH]c1C. The number of aryl methyl sites for hydroxylation is 1. The van der Waals surface area contributed by atoms with Crippen LogP contribution in [0.25, 0.3) is 0 Å². The summed E-state index contributed by atoms with van der Waals surface area (Å²) >= 11 is 1.24. The molecule has 204 valence electrons. The van der Waals surface area contributed by atoms with Crippen molar-refractivity contribution in [2.75, 3.05) is 5.75 Å². The number of hydrogen-bond acceptors (Lipinski definition) is 5. The Morgan fingerprint density at radius 2 is 1.67 bits per heavy atom. The number of carbonyl (C=O) groups is 3. The van der Waals surface area contributed by atoms with Gasteiger partial charge in [-0.3, -0.25) is 9.59 Å². The maximum absolute atomic E-state index is 13.5. The van der Waals surface area contributed by atoms with Crippen LogP contribution in [-0.2, 0) is 14.3 Å². The Balaban J connectivity index is 2.23. The number of hydrogen-bond donors (Lipinski definition) is 3. The van der Waals surface area contributed by atoms with Gasteiger partial charge in [0.25, 0.3) is 0 Å². The minimum absolute atomic E-state index is 0.152. The Labute approximate surface area is 220 Å². The van der Waals surface area contributed by atoms with Gasteiger partial charge in [0.15, 0.2) is 0 Å². The van der Waals surface area contributed by atoms with Crippen LogP contribution in [0.15, 0.2) is 6.20 Å². The van der Waals surface area contributed by atoms with Crippen LogP contribution in [0.1, 0.15) is 113 Å². The lowest BCUT2D eigenvalue weighted by Crippen LogP contribution is -2.41. The highest BCUT2D eigenvalue weighted by Crippen LogP contribution is 2.43. The van der Waals surface area contributed by atoms with Crippen molar-refractivity contribution in [2.24, 2.45) is 17.8 Å². The van der Waals surface area contributed by atoms with Crippen LogP contribution >= 0.6 is 11.8 Å². The topological polar surface area (TPSA) is 117 Å². The molecule has 0 aliphatic heterocycles. The Kier molecular flexibility index (Phi) is 12.4. The smallest absolute Gasteiger partial charge is 0.340 e. The summed E-state index contributed by atoms with van der Waals surface area (Å²) in [5.41, 5.74) is 2.47. The summed E-state index contributed by atoms with van der Waals surface area (Å²) in [5.74, 6) is -0.852. The van der Waals surface area contributed by atoms with Gasteiger partial charge in [0, 0.05) is 11.9 Å². The summed E-state index contributed by atoms with van der Waals surface area (Å²) in [5, 5.41) is 17.6. The molecule has 8 heteroatoms. The zero-order valence-electron chi connectivity index (χ0n) is 22.5. The molecular formula is C28H45NO6S. The molecule has 0 aromatic carbocycles. The van der Waals surface area contributed by atoms with Crippen LogP contribution in [-0.4, -0.2) is 50.2 Å². The molecule has 0 spiro atoms. The van der Waals surface area contributed by atoms with Gasteiger partial charge in [-0.25, -0.2) is 4.79 Å². The fourth-order valence-electron chi connectivity index (χ4n) is 5.52. The molecule has 1 aromatic heterocycles. The largest absolute Gasteiger partial charge is 0.481 e. The van der Waals surface area contributed by atoms with Crippen LogP contribution in [0.3, 0.4) is 0 Å². The normalized spacial score (nSPS) is 22.9. The second-order valence-corrected chi connectivity index (χ2v) is 11.9. The lowest BCUT2D eigenvalue weighted by molar-refractivity contribution is -0.142. The molecule has 0 amide bonds. The number of aromatic amines is 1. The zero-order valence-corrected chi connectivity index (χ0v) is 23.4. The fourth-order valence-corrected chi connectivity index (χ4v) is 6.69. The number of carboxylic acid groups (broad SMARTS) is 2. The zero-order chi connectivity index (χ0) is 26.8. The first-order chi connectivity index (χ1) is 17.1. The first-order valence-electron chi connectivity index (χ1n) is 13.5. The molecule has 1 aliphatic carbocycles. The average molecular weight is 524 g/mol. The maximum atomic E-state index is 13.5. The van der Waals surface area contributed by atoms with E-state index < -0.39 is 17.2 Å². The Morgan fingerprint density at radius 3 is 2.14 bits per heavy atom. The fraction of sp³-hybridized carbons (Fsp3) is 0.750. The van der Waals surface area contributed by atoms with Gasteiger partial charge in [-0.2, -0.15) is 0 Å². The summed E-state index contributed by atoms with van der Waals surface area (Å²) < 4.78 is 6.35. The third-order valence-electron chi connectivity index (χ3n) is 7.40. The number of aliphatic carboxylic acids is 2. The van der Waals surface area contributed by atoms with Crippen molar-refractivity contribution in [2.45, 2.75) is 110 Å². The lowest BCUT2D eigenvalue weighted by Gasteiger charge is -2.42. The Hall–Kier alpha value is -1.96. The van der Waals surface area contributed by atoms with Crippen LogP contribution in [0.2, 0.25) is 0 Å². The van der Waals surface area contributed by atoms with E-state index in [2.05, 4.69) is 32.7 Å². The molecule has 36 heavy (non-hydrogen) atoms. The quantitative estimate of drug-likeness (QED) is 0.220. The molecule has 3 N–H and O–H groups in total. The highest BCUT2D eigenvalue weighted by molar-refractivity contribution is 8.00. The van der Waals surface area contributed by atoms with E-state index in [1.54, 1.807) is 0 Å². The van der Waals surface area contributed by atoms with Crippen LogP contribution in [0.5, 0.6) is 0 Å². The number of carbonyl (C=O) groups excluding carboxylic acids is 1. The van der Waals surface area contributed by atoms with E-state index in [-0.39, 0.29) is 42.2 Å². The minimum Gasteiger partial charge on any atom is -0.481 e. The number of nitrogens with one attached hydrogen (secondary N) is 1. The van der Waals surface area contributed by atoms with Gasteiger partial charge < -0.3 is 19.9 Å². The molecule has 7 nitrogen and oxygen atoms in total. The molecule has 1 saturated carbocycles. The van der Waals surface area contributed by atoms with Gasteiger partial charge >= 0.3 is 17.9 Å². The Bertz CT molecular complexity index is 848. The molecule has 3 atom stereocenters. The van der Waals surface area contributed by atoms with Crippen molar-refractivity contribution >= 4 is 29.7 Å². The third kappa shape index (κ3) is 8.56. The second kappa shape index (κ2) is 14.7. The van der Waals surface area contributed by atoms with Crippen LogP contribution < -0.4 is 0 Å². The van der Waals surface area contributed by atoms with Crippen molar-refractivity contribution in [3.63, 3.8) is 0 Å². The van der Waals surface area contributed by atoms with Crippen molar-refractivity contribution in [1.29, 1.82) is 0 Å². The summed E-state index contributed by atoms with van der Waals surface area (Å²) in [6.45, 7) is 10.4. The van der Waals surface area contributed by atoms with Crippen molar-refractivity contribution < 1.29 is 29.3 Å². The molecule has 2 rings (SSSR count). The highest BCUT2D eigenvalue weighted by atomic mass is 32.2. The monoisotopic (exact) mass is 523 g/mol. The summed E-state index contributed by atoms with van der Waals surface area (Å²) in [6.07, 6.45) is 9.29. The first-order valence-corrected chi connectivity index (χ1v) is 14.6. The van der Waals surface area contributed by atoms with E-state index in [9.17, 15) is 19.5 Å². The number of aromatic nitrogens is 1. The first kappa shape index (κ1) is 30.3. The lowest BCUT2D eigenvalue weighted by atomic mass is 9.70. The molecule has 1 fully saturated rings. The number of carboxylic acids is 2. The van der Waals surface area contributed by atoms with E-state index in [4.69, 9.17) is 9.84 Å². The van der Waals surface area contributed by atoms with Gasteiger partial charge in [0.2, 0.25) is 0 Å². The summed E-state index contributed by atoms with van der Waals surface area (Å²) in [4.78, 5) is 39.3. The molecule has 0 saturated heterocycles. The van der Waals surface area contributed by atoms with E-state index in [1.807, 2.05) is 13.1 Å². The number of esters is 1. The number of H-pyrrole nitrogens is 1. The second-order valence-electron chi connectivity index (χ2n) is 10.7. The van der Waals surface area contributed by atoms with Crippen molar-refractivity contribution in [3.8, 4) is 0 Å². The van der Waals surface area contributed by atoms with E-state index in [1.165, 1.54) is 11.8 Å². The van der Waals surface area contributed by atoms with Crippen molar-refractivity contribution in [1.82, 2.24) is 4.98 Å². The number of ether oxygens (including phenoxy) is 1. The van der Waals surface area contributed by atoms with Crippen LogP contribution in [0.4, 0.5) is 0 Å². The minimum atomic E-state index is -1.09. The number of unbranched alkanes of at least 4 members (excludes halogenated alkanes) is 2. The number of rotatable bonds is 15. The molecule has 3 unspecified atom stereocenters. The van der Waals surface area contributed by atoms with E-state index >= 15 is 0 Å². The standard InChI is InChI=1S/C28H45NO6S/c1-6-8-10-20-12-19(16-36-23(27(32)33)14-24(30)31)13-21(11-9-7-2)26(20)35-28(34)25-18(5)29-15-22(25)17(3)4/h15,17,19-21,23,26,29H,6-14,16H2,1-5H3,(H,30,31)(H,32,33). The van der Waals surface area contributed by atoms with Crippen molar-refractivity contribution in [3.05, 3.63) is 23.0 Å². The predicted octanol–water partition coefficient (Wildman–Crippen LogP) is 6.66. The molecule has 0 bridgehead atoms. The average Bonchev–Trinajstić information content (AvgIpc) is 3.21. The van der Waals surface area contributed by atoms with E-state index in [0.29, 0.717) is 11.3 Å². The molecule has 1 heterocycles. The van der Waals surface area contributed by atoms with Gasteiger partial charge in [-0.1, -0.05) is 53.4 Å². The van der Waals surface area contributed by atoms with Gasteiger partial charge in [0.1, 0.15) is 11.4 Å². The van der Waals surface area contributed by atoms with E-state index in [0.717, 1.165) is 62.6 Å².